The van der Waals surface area contributed by atoms with Crippen molar-refractivity contribution in [3.05, 3.63) is 52.0 Å². The molecule has 0 aromatic heterocycles. The molecule has 2 rings (SSSR count). The number of ketones is 1. The van der Waals surface area contributed by atoms with Gasteiger partial charge in [0, 0.05) is 10.9 Å². The fourth-order valence-electron chi connectivity index (χ4n) is 2.28. The fourth-order valence-corrected chi connectivity index (χ4v) is 2.54. The predicted molar refractivity (Wildman–Crippen MR) is 79.3 cm³/mol. The second kappa shape index (κ2) is 5.23. The predicted octanol–water partition coefficient (Wildman–Crippen LogP) is 4.78. The van der Waals surface area contributed by atoms with Crippen molar-refractivity contribution >= 4 is 27.8 Å². The molecule has 0 atom stereocenters. The van der Waals surface area contributed by atoms with E-state index in [9.17, 15) is 4.79 Å². The zero-order chi connectivity index (χ0) is 13.2. The Morgan fingerprint density at radius 2 is 1.78 bits per heavy atom. The van der Waals surface area contributed by atoms with Gasteiger partial charge >= 0.3 is 0 Å². The van der Waals surface area contributed by atoms with Gasteiger partial charge in [0.2, 0.25) is 0 Å². The Labute approximate surface area is 117 Å². The monoisotopic (exact) mass is 304 g/mol. The summed E-state index contributed by atoms with van der Waals surface area (Å²) in [7, 11) is 0. The first-order valence-corrected chi connectivity index (χ1v) is 6.91. The van der Waals surface area contributed by atoms with Crippen molar-refractivity contribution in [3.8, 4) is 0 Å². The maximum atomic E-state index is 11.6. The molecule has 1 aliphatic rings. The second-order valence-electron chi connectivity index (χ2n) is 5.59. The van der Waals surface area contributed by atoms with Crippen LogP contribution in [0.25, 0.3) is 6.08 Å². The molecule has 0 N–H and O–H groups in total. The molecular formula is C16H17BrO. The van der Waals surface area contributed by atoms with E-state index in [0.717, 1.165) is 22.0 Å². The molecule has 0 heterocycles. The summed E-state index contributed by atoms with van der Waals surface area (Å²) in [6.45, 7) is 4.29. The van der Waals surface area contributed by atoms with Crippen LogP contribution in [0.3, 0.4) is 0 Å². The molecule has 0 saturated heterocycles. The Morgan fingerprint density at radius 1 is 1.11 bits per heavy atom. The molecular weight excluding hydrogens is 288 g/mol. The highest BCUT2D eigenvalue weighted by Gasteiger charge is 2.26. The van der Waals surface area contributed by atoms with Gasteiger partial charge in [-0.1, -0.05) is 54.1 Å². The lowest BCUT2D eigenvalue weighted by Crippen LogP contribution is -2.21. The zero-order valence-electron chi connectivity index (χ0n) is 10.7. The minimum Gasteiger partial charge on any atom is -0.295 e. The first-order chi connectivity index (χ1) is 8.44. The molecule has 0 radical (unpaired) electrons. The normalized spacial score (nSPS) is 19.1. The number of benzene rings is 1. The van der Waals surface area contributed by atoms with Crippen LogP contribution in [0.2, 0.25) is 0 Å². The number of halogens is 1. The summed E-state index contributed by atoms with van der Waals surface area (Å²) >= 11 is 3.42. The zero-order valence-corrected chi connectivity index (χ0v) is 12.3. The summed E-state index contributed by atoms with van der Waals surface area (Å²) < 4.78 is 1.08. The molecule has 18 heavy (non-hydrogen) atoms. The minimum atomic E-state index is 0.0885. The number of rotatable bonds is 2. The van der Waals surface area contributed by atoms with Gasteiger partial charge in [0.25, 0.3) is 0 Å². The lowest BCUT2D eigenvalue weighted by Gasteiger charge is -2.27. The average molecular weight is 305 g/mol. The van der Waals surface area contributed by atoms with Crippen molar-refractivity contribution in [1.82, 2.24) is 0 Å². The molecule has 0 fully saturated rings. The van der Waals surface area contributed by atoms with Crippen molar-refractivity contribution < 1.29 is 4.79 Å². The van der Waals surface area contributed by atoms with Crippen LogP contribution in [0.4, 0.5) is 0 Å². The maximum absolute atomic E-state index is 11.6. The van der Waals surface area contributed by atoms with Crippen LogP contribution in [-0.4, -0.2) is 5.78 Å². The number of carbonyl (C=O) groups is 1. The van der Waals surface area contributed by atoms with Crippen molar-refractivity contribution in [3.63, 3.8) is 0 Å². The van der Waals surface area contributed by atoms with Crippen molar-refractivity contribution in [2.45, 2.75) is 26.7 Å². The Hall–Kier alpha value is -1.15. The highest BCUT2D eigenvalue weighted by molar-refractivity contribution is 9.10. The van der Waals surface area contributed by atoms with Gasteiger partial charge in [-0.25, -0.2) is 0 Å². The maximum Gasteiger partial charge on any atom is 0.156 e. The van der Waals surface area contributed by atoms with Gasteiger partial charge in [0.15, 0.2) is 5.78 Å². The highest BCUT2D eigenvalue weighted by Crippen LogP contribution is 2.34. The summed E-state index contributed by atoms with van der Waals surface area (Å²) in [4.78, 5) is 11.6. The molecule has 94 valence electrons. The van der Waals surface area contributed by atoms with E-state index in [2.05, 4.69) is 54.1 Å². The summed E-state index contributed by atoms with van der Waals surface area (Å²) in [5.41, 5.74) is 2.36. The third kappa shape index (κ3) is 3.67. The van der Waals surface area contributed by atoms with Gasteiger partial charge < -0.3 is 0 Å². The van der Waals surface area contributed by atoms with E-state index in [-0.39, 0.29) is 11.2 Å². The summed E-state index contributed by atoms with van der Waals surface area (Å²) in [6.07, 6.45) is 7.52. The van der Waals surface area contributed by atoms with Gasteiger partial charge in [0.1, 0.15) is 0 Å². The van der Waals surface area contributed by atoms with E-state index in [0.29, 0.717) is 6.42 Å². The number of hydrogen-bond donors (Lipinski definition) is 0. The largest absolute Gasteiger partial charge is 0.295 e. The standard InChI is InChI=1S/C16H17BrO/c1-16(2)10-13(9-15(18)11-16)4-3-12-5-7-14(17)8-6-12/h3-9H,10-11H2,1-2H3. The minimum absolute atomic E-state index is 0.0885. The van der Waals surface area contributed by atoms with Gasteiger partial charge in [0.05, 0.1) is 0 Å². The van der Waals surface area contributed by atoms with Crippen LogP contribution < -0.4 is 0 Å². The number of carbonyl (C=O) groups excluding carboxylic acids is 1. The molecule has 1 aliphatic carbocycles. The lowest BCUT2D eigenvalue weighted by atomic mass is 9.77. The van der Waals surface area contributed by atoms with Crippen molar-refractivity contribution in [2.24, 2.45) is 5.41 Å². The quantitative estimate of drug-likeness (QED) is 0.768. The van der Waals surface area contributed by atoms with Crippen LogP contribution in [0.1, 0.15) is 32.3 Å². The van der Waals surface area contributed by atoms with Crippen LogP contribution in [0.15, 0.2) is 46.5 Å². The third-order valence-electron chi connectivity index (χ3n) is 3.04. The topological polar surface area (TPSA) is 17.1 Å². The van der Waals surface area contributed by atoms with Crippen LogP contribution in [0, 0.1) is 5.41 Å². The highest BCUT2D eigenvalue weighted by atomic mass is 79.9. The van der Waals surface area contributed by atoms with Crippen LogP contribution >= 0.6 is 15.9 Å². The molecule has 0 bridgehead atoms. The molecule has 1 nitrogen and oxygen atoms in total. The molecule has 0 amide bonds. The van der Waals surface area contributed by atoms with Crippen molar-refractivity contribution in [2.75, 3.05) is 0 Å². The number of hydrogen-bond acceptors (Lipinski definition) is 1. The molecule has 2 heteroatoms. The fraction of sp³-hybridized carbons (Fsp3) is 0.312. The smallest absolute Gasteiger partial charge is 0.156 e. The summed E-state index contributed by atoms with van der Waals surface area (Å²) in [5, 5.41) is 0. The molecule has 0 aliphatic heterocycles. The van der Waals surface area contributed by atoms with E-state index in [1.165, 1.54) is 0 Å². The molecule has 0 unspecified atom stereocenters. The first-order valence-electron chi connectivity index (χ1n) is 6.12. The average Bonchev–Trinajstić information content (AvgIpc) is 2.25. The lowest BCUT2D eigenvalue weighted by molar-refractivity contribution is -0.116. The van der Waals surface area contributed by atoms with Crippen molar-refractivity contribution in [1.29, 1.82) is 0 Å². The molecule has 0 spiro atoms. The van der Waals surface area contributed by atoms with Crippen LogP contribution in [-0.2, 0) is 4.79 Å². The van der Waals surface area contributed by atoms with E-state index >= 15 is 0 Å². The summed E-state index contributed by atoms with van der Waals surface area (Å²) in [5.74, 6) is 0.238. The summed E-state index contributed by atoms with van der Waals surface area (Å²) in [6, 6.07) is 8.14. The van der Waals surface area contributed by atoms with E-state index in [1.807, 2.05) is 12.1 Å². The molecule has 1 aromatic rings. The SMILES string of the molecule is CC1(C)CC(=O)C=C(C=Cc2ccc(Br)cc2)C1. The van der Waals surface area contributed by atoms with E-state index < -0.39 is 0 Å². The Bertz CT molecular complexity index is 506. The van der Waals surface area contributed by atoms with E-state index in [4.69, 9.17) is 0 Å². The Balaban J connectivity index is 2.14. The Kier molecular flexibility index (Phi) is 3.86. The Morgan fingerprint density at radius 3 is 2.39 bits per heavy atom. The van der Waals surface area contributed by atoms with Crippen LogP contribution in [0.5, 0.6) is 0 Å². The van der Waals surface area contributed by atoms with Gasteiger partial charge in [-0.05, 0) is 41.2 Å². The third-order valence-corrected chi connectivity index (χ3v) is 3.57. The first kappa shape index (κ1) is 13.3. The van der Waals surface area contributed by atoms with Gasteiger partial charge in [-0.3, -0.25) is 4.79 Å². The van der Waals surface area contributed by atoms with E-state index in [1.54, 1.807) is 6.08 Å². The second-order valence-corrected chi connectivity index (χ2v) is 6.50. The van der Waals surface area contributed by atoms with Gasteiger partial charge in [-0.2, -0.15) is 0 Å². The van der Waals surface area contributed by atoms with Gasteiger partial charge in [-0.15, -0.1) is 0 Å². The molecule has 1 aromatic carbocycles. The molecule has 0 saturated carbocycles. The number of allylic oxidation sites excluding steroid dienone is 3.